The smallest absolute Gasteiger partial charge is 0.163 e. The van der Waals surface area contributed by atoms with Crippen LogP contribution in [0.25, 0.3) is 11.3 Å². The number of hydrogen-bond donors (Lipinski definition) is 0. The molecule has 0 radical (unpaired) electrons. The number of hydrogen-bond acceptors (Lipinski definition) is 2. The summed E-state index contributed by atoms with van der Waals surface area (Å²) in [6.07, 6.45) is 2.33. The number of carbonyl (C=O) groups is 1. The summed E-state index contributed by atoms with van der Waals surface area (Å²) in [7, 11) is 0. The fraction of sp³-hybridized carbons (Fsp3) is 0.294. The quantitative estimate of drug-likeness (QED) is 0.761. The number of aryl methyl sites for hydroxylation is 1. The second kappa shape index (κ2) is 5.79. The van der Waals surface area contributed by atoms with Crippen LogP contribution in [0.4, 0.5) is 0 Å². The Morgan fingerprint density at radius 1 is 1.21 bits per heavy atom. The maximum atomic E-state index is 12.3. The highest BCUT2D eigenvalue weighted by Gasteiger charge is 2.14. The first-order chi connectivity index (χ1) is 9.08. The second-order valence-electron chi connectivity index (χ2n) is 5.29. The van der Waals surface area contributed by atoms with E-state index in [2.05, 4.69) is 18.8 Å². The first-order valence-corrected chi connectivity index (χ1v) is 6.63. The van der Waals surface area contributed by atoms with Crippen LogP contribution in [0.3, 0.4) is 0 Å². The van der Waals surface area contributed by atoms with Crippen LogP contribution in [0.5, 0.6) is 0 Å². The highest BCUT2D eigenvalue weighted by Crippen LogP contribution is 2.25. The number of carbonyl (C=O) groups excluding carboxylic acids is 1. The molecule has 0 bridgehead atoms. The molecule has 0 atom stereocenters. The third-order valence-electron chi connectivity index (χ3n) is 3.01. The van der Waals surface area contributed by atoms with Crippen LogP contribution < -0.4 is 0 Å². The first kappa shape index (κ1) is 13.5. The van der Waals surface area contributed by atoms with Crippen LogP contribution in [-0.4, -0.2) is 10.8 Å². The molecule has 0 N–H and O–H groups in total. The Bertz CT molecular complexity index is 573. The van der Waals surface area contributed by atoms with Crippen LogP contribution in [-0.2, 0) is 0 Å². The van der Waals surface area contributed by atoms with Gasteiger partial charge in [-0.25, -0.2) is 0 Å². The van der Waals surface area contributed by atoms with Gasteiger partial charge in [-0.2, -0.15) is 0 Å². The molecule has 0 aliphatic heterocycles. The number of ketones is 1. The van der Waals surface area contributed by atoms with Gasteiger partial charge in [-0.05, 0) is 31.0 Å². The molecule has 1 aromatic heterocycles. The average Bonchev–Trinajstić information content (AvgIpc) is 2.38. The van der Waals surface area contributed by atoms with Gasteiger partial charge in [-0.1, -0.05) is 37.6 Å². The molecule has 2 heteroatoms. The van der Waals surface area contributed by atoms with Gasteiger partial charge in [0.2, 0.25) is 0 Å². The van der Waals surface area contributed by atoms with Crippen LogP contribution in [0.1, 0.15) is 36.2 Å². The molecule has 0 saturated heterocycles. The Kier molecular flexibility index (Phi) is 4.10. The topological polar surface area (TPSA) is 30.0 Å². The van der Waals surface area contributed by atoms with Crippen molar-refractivity contribution in [3.8, 4) is 11.3 Å². The summed E-state index contributed by atoms with van der Waals surface area (Å²) >= 11 is 0. The molecule has 19 heavy (non-hydrogen) atoms. The molecular weight excluding hydrogens is 234 g/mol. The molecule has 2 nitrogen and oxygen atoms in total. The molecule has 1 aromatic carbocycles. The molecule has 2 rings (SSSR count). The lowest BCUT2D eigenvalue weighted by molar-refractivity contribution is 0.0968. The summed E-state index contributed by atoms with van der Waals surface area (Å²) in [5.41, 5.74) is 3.71. The third kappa shape index (κ3) is 3.28. The van der Waals surface area contributed by atoms with Crippen molar-refractivity contribution in [1.29, 1.82) is 0 Å². The molecule has 0 spiro atoms. The van der Waals surface area contributed by atoms with Gasteiger partial charge in [-0.15, -0.1) is 0 Å². The highest BCUT2D eigenvalue weighted by molar-refractivity contribution is 6.02. The first-order valence-electron chi connectivity index (χ1n) is 6.63. The van der Waals surface area contributed by atoms with Gasteiger partial charge in [0.05, 0.1) is 5.69 Å². The lowest BCUT2D eigenvalue weighted by Crippen LogP contribution is -2.06. The molecule has 98 valence electrons. The van der Waals surface area contributed by atoms with E-state index < -0.39 is 0 Å². The Morgan fingerprint density at radius 3 is 2.63 bits per heavy atom. The number of rotatable bonds is 4. The largest absolute Gasteiger partial charge is 0.294 e. The minimum Gasteiger partial charge on any atom is -0.294 e. The van der Waals surface area contributed by atoms with Gasteiger partial charge in [0.1, 0.15) is 0 Å². The van der Waals surface area contributed by atoms with E-state index in [0.29, 0.717) is 12.3 Å². The summed E-state index contributed by atoms with van der Waals surface area (Å²) in [5, 5.41) is 0. The van der Waals surface area contributed by atoms with E-state index in [1.807, 2.05) is 43.3 Å². The second-order valence-corrected chi connectivity index (χ2v) is 5.29. The fourth-order valence-electron chi connectivity index (χ4n) is 2.12. The highest BCUT2D eigenvalue weighted by atomic mass is 16.1. The van der Waals surface area contributed by atoms with Crippen LogP contribution in [0.15, 0.2) is 42.6 Å². The number of Topliss-reactive ketones (excluding diaryl/α,β-unsaturated/α-hetero) is 1. The van der Waals surface area contributed by atoms with E-state index in [1.54, 1.807) is 6.20 Å². The third-order valence-corrected chi connectivity index (χ3v) is 3.01. The summed E-state index contributed by atoms with van der Waals surface area (Å²) in [4.78, 5) is 16.7. The van der Waals surface area contributed by atoms with Gasteiger partial charge < -0.3 is 0 Å². The molecule has 0 fully saturated rings. The SMILES string of the molecule is Cc1ccc(C(=O)CC(C)C)c(-c2ccccn2)c1. The van der Waals surface area contributed by atoms with Crippen molar-refractivity contribution >= 4 is 5.78 Å². The number of nitrogens with zero attached hydrogens (tertiary/aromatic N) is 1. The Morgan fingerprint density at radius 2 is 2.00 bits per heavy atom. The predicted octanol–water partition coefficient (Wildman–Crippen LogP) is 4.29. The standard InChI is InChI=1S/C17H19NO/c1-12(2)10-17(19)14-8-7-13(3)11-15(14)16-6-4-5-9-18-16/h4-9,11-12H,10H2,1-3H3. The van der Waals surface area contributed by atoms with Crippen molar-refractivity contribution in [1.82, 2.24) is 4.98 Å². The van der Waals surface area contributed by atoms with Gasteiger partial charge in [0, 0.05) is 23.7 Å². The molecule has 0 amide bonds. The van der Waals surface area contributed by atoms with Gasteiger partial charge >= 0.3 is 0 Å². The zero-order valence-electron chi connectivity index (χ0n) is 11.7. The minimum atomic E-state index is 0.190. The Balaban J connectivity index is 2.47. The van der Waals surface area contributed by atoms with Crippen LogP contribution in [0.2, 0.25) is 0 Å². The number of benzene rings is 1. The lowest BCUT2D eigenvalue weighted by Gasteiger charge is -2.10. The maximum absolute atomic E-state index is 12.3. The van der Waals surface area contributed by atoms with Crippen molar-refractivity contribution in [3.05, 3.63) is 53.7 Å². The lowest BCUT2D eigenvalue weighted by atomic mass is 9.94. The zero-order valence-corrected chi connectivity index (χ0v) is 11.7. The molecule has 0 saturated carbocycles. The van der Waals surface area contributed by atoms with Crippen LogP contribution >= 0.6 is 0 Å². The minimum absolute atomic E-state index is 0.190. The summed E-state index contributed by atoms with van der Waals surface area (Å²) in [5.74, 6) is 0.557. The fourth-order valence-corrected chi connectivity index (χ4v) is 2.12. The van der Waals surface area contributed by atoms with Crippen molar-refractivity contribution < 1.29 is 4.79 Å². The normalized spacial score (nSPS) is 10.7. The molecule has 0 aliphatic carbocycles. The van der Waals surface area contributed by atoms with Crippen LogP contribution in [0, 0.1) is 12.8 Å². The molecule has 2 aromatic rings. The van der Waals surface area contributed by atoms with Gasteiger partial charge in [0.25, 0.3) is 0 Å². The summed E-state index contributed by atoms with van der Waals surface area (Å²) < 4.78 is 0. The van der Waals surface area contributed by atoms with E-state index >= 15 is 0 Å². The van der Waals surface area contributed by atoms with E-state index in [0.717, 1.165) is 22.4 Å². The number of aromatic nitrogens is 1. The van der Waals surface area contributed by atoms with Crippen molar-refractivity contribution in [2.24, 2.45) is 5.92 Å². The van der Waals surface area contributed by atoms with E-state index in [4.69, 9.17) is 0 Å². The molecule has 0 aliphatic rings. The van der Waals surface area contributed by atoms with E-state index in [1.165, 1.54) is 0 Å². The molecule has 1 heterocycles. The van der Waals surface area contributed by atoms with Gasteiger partial charge in [-0.3, -0.25) is 9.78 Å². The van der Waals surface area contributed by atoms with Gasteiger partial charge in [0.15, 0.2) is 5.78 Å². The zero-order chi connectivity index (χ0) is 13.8. The molecular formula is C17H19NO. The maximum Gasteiger partial charge on any atom is 0.163 e. The monoisotopic (exact) mass is 253 g/mol. The van der Waals surface area contributed by atoms with Crippen molar-refractivity contribution in [2.75, 3.05) is 0 Å². The van der Waals surface area contributed by atoms with Crippen molar-refractivity contribution in [3.63, 3.8) is 0 Å². The van der Waals surface area contributed by atoms with E-state index in [9.17, 15) is 4.79 Å². The predicted molar refractivity (Wildman–Crippen MR) is 78.2 cm³/mol. The summed E-state index contributed by atoms with van der Waals surface area (Å²) in [6, 6.07) is 11.7. The Hall–Kier alpha value is -1.96. The number of pyridine rings is 1. The van der Waals surface area contributed by atoms with Crippen molar-refractivity contribution in [2.45, 2.75) is 27.2 Å². The molecule has 0 unspecified atom stereocenters. The van der Waals surface area contributed by atoms with E-state index in [-0.39, 0.29) is 5.78 Å². The summed E-state index contributed by atoms with van der Waals surface area (Å²) in [6.45, 7) is 6.15. The Labute approximate surface area is 114 Å². The average molecular weight is 253 g/mol.